The maximum atomic E-state index is 12.9. The number of thioether (sulfide) groups is 2. The van der Waals surface area contributed by atoms with Gasteiger partial charge in [-0.05, 0) is 18.1 Å². The van der Waals surface area contributed by atoms with Crippen molar-refractivity contribution >= 4 is 58.7 Å². The van der Waals surface area contributed by atoms with Gasteiger partial charge in [-0.15, -0.1) is 22.0 Å². The van der Waals surface area contributed by atoms with Crippen LogP contribution in [0.4, 0.5) is 4.79 Å². The highest BCUT2D eigenvalue weighted by atomic mass is 32.2. The predicted octanol–water partition coefficient (Wildman–Crippen LogP) is 1.09. The van der Waals surface area contributed by atoms with E-state index in [1.807, 2.05) is 6.92 Å². The number of urea groups is 1. The fourth-order valence-electron chi connectivity index (χ4n) is 3.60. The van der Waals surface area contributed by atoms with Crippen LogP contribution < -0.4 is 16.4 Å². The van der Waals surface area contributed by atoms with Gasteiger partial charge in [0.25, 0.3) is 5.91 Å². The number of β-lactam (4-membered cyclic amide) rings is 1. The van der Waals surface area contributed by atoms with E-state index in [9.17, 15) is 24.3 Å². The van der Waals surface area contributed by atoms with Crippen molar-refractivity contribution in [1.29, 1.82) is 0 Å². The minimum atomic E-state index is -1.20. The Labute approximate surface area is 206 Å². The van der Waals surface area contributed by atoms with Gasteiger partial charge in [-0.3, -0.25) is 14.5 Å². The summed E-state index contributed by atoms with van der Waals surface area (Å²) in [5.41, 5.74) is 6.26. The second-order valence-electron chi connectivity index (χ2n) is 7.38. The number of nitrogens with one attached hydrogen (secondary N) is 2. The maximum Gasteiger partial charge on any atom is 0.352 e. The number of benzene rings is 1. The van der Waals surface area contributed by atoms with Crippen LogP contribution in [0.5, 0.6) is 0 Å². The molecule has 2 aromatic rings. The zero-order valence-electron chi connectivity index (χ0n) is 17.8. The molecule has 0 spiro atoms. The first-order valence-electron chi connectivity index (χ1n) is 10.0. The van der Waals surface area contributed by atoms with Crippen LogP contribution in [0, 0.1) is 6.92 Å². The lowest BCUT2D eigenvalue weighted by atomic mass is 10.0. The summed E-state index contributed by atoms with van der Waals surface area (Å²) < 4.78 is 0.718. The number of carboxylic acid groups (broad SMARTS) is 1. The molecule has 11 nitrogen and oxygen atoms in total. The molecule has 1 saturated heterocycles. The van der Waals surface area contributed by atoms with Crippen molar-refractivity contribution in [3.8, 4) is 0 Å². The lowest BCUT2D eigenvalue weighted by Gasteiger charge is -2.49. The summed E-state index contributed by atoms with van der Waals surface area (Å²) in [7, 11) is 0. The lowest BCUT2D eigenvalue weighted by molar-refractivity contribution is -0.150. The molecule has 4 rings (SSSR count). The van der Waals surface area contributed by atoms with Crippen molar-refractivity contribution in [3.05, 3.63) is 52.2 Å². The molecule has 3 atom stereocenters. The second kappa shape index (κ2) is 10.0. The van der Waals surface area contributed by atoms with Crippen molar-refractivity contribution in [2.45, 2.75) is 28.7 Å². The molecule has 0 radical (unpaired) electrons. The van der Waals surface area contributed by atoms with Gasteiger partial charge in [-0.2, -0.15) is 0 Å². The Bertz CT molecular complexity index is 1170. The van der Waals surface area contributed by atoms with Crippen molar-refractivity contribution in [2.24, 2.45) is 5.73 Å². The largest absolute Gasteiger partial charge is 0.477 e. The highest BCUT2D eigenvalue weighted by Gasteiger charge is 2.54. The number of nitrogens with two attached hydrogens (primary N) is 1. The third-order valence-corrected chi connectivity index (χ3v) is 8.50. The van der Waals surface area contributed by atoms with E-state index in [-0.39, 0.29) is 5.70 Å². The van der Waals surface area contributed by atoms with Crippen LogP contribution in [-0.4, -0.2) is 66.9 Å². The summed E-state index contributed by atoms with van der Waals surface area (Å²) >= 11 is 4.15. The van der Waals surface area contributed by atoms with Gasteiger partial charge < -0.3 is 21.5 Å². The van der Waals surface area contributed by atoms with E-state index in [1.165, 1.54) is 39.8 Å². The summed E-state index contributed by atoms with van der Waals surface area (Å²) in [6, 6.07) is 5.57. The van der Waals surface area contributed by atoms with Crippen LogP contribution in [0.25, 0.3) is 0 Å². The number of fused-ring (bicyclic) bond motifs is 1. The molecule has 1 aromatic carbocycles. The van der Waals surface area contributed by atoms with Gasteiger partial charge in [-0.25, -0.2) is 9.59 Å². The van der Waals surface area contributed by atoms with E-state index in [1.54, 1.807) is 30.3 Å². The number of carboxylic acids is 1. The molecule has 0 bridgehead atoms. The van der Waals surface area contributed by atoms with Crippen LogP contribution in [0.2, 0.25) is 0 Å². The Balaban J connectivity index is 1.48. The molecule has 2 aliphatic heterocycles. The van der Waals surface area contributed by atoms with Crippen LogP contribution in [0.3, 0.4) is 0 Å². The third-order valence-electron chi connectivity index (χ3n) is 5.11. The number of aryl methyl sites for hydroxylation is 1. The van der Waals surface area contributed by atoms with E-state index >= 15 is 0 Å². The lowest BCUT2D eigenvalue weighted by Crippen LogP contribution is -2.71. The van der Waals surface area contributed by atoms with Crippen molar-refractivity contribution in [1.82, 2.24) is 25.7 Å². The maximum absolute atomic E-state index is 12.9. The highest BCUT2D eigenvalue weighted by Crippen LogP contribution is 2.42. The monoisotopic (exact) mass is 520 g/mol. The molecule has 34 heavy (non-hydrogen) atoms. The molecule has 0 saturated carbocycles. The Morgan fingerprint density at radius 3 is 2.65 bits per heavy atom. The fraction of sp³-hybridized carbons (Fsp3) is 0.300. The first-order valence-corrected chi connectivity index (χ1v) is 12.9. The second-order valence-corrected chi connectivity index (χ2v) is 10.9. The molecule has 1 fully saturated rings. The molecule has 14 heteroatoms. The first kappa shape index (κ1) is 24.0. The Kier molecular flexibility index (Phi) is 7.09. The third kappa shape index (κ3) is 4.88. The standard InChI is InChI=1S/C20H20N6O5S3/c1-9-24-25-20(34-9)33-8-11-7-32-17-13(16(28)26(17)14(11)18(29)30)22-15(27)12(23-19(21)31)10-5-3-2-4-6-10/h2-6,12-13,17H,7-8H2,1H3,(H,22,27)(H,29,30)(H3,21,23,31). The number of carbonyl (C=O) groups is 4. The average molecular weight is 521 g/mol. The van der Waals surface area contributed by atoms with E-state index in [0.29, 0.717) is 22.6 Å². The van der Waals surface area contributed by atoms with E-state index in [4.69, 9.17) is 5.73 Å². The first-order chi connectivity index (χ1) is 16.3. The summed E-state index contributed by atoms with van der Waals surface area (Å²) in [4.78, 5) is 50.5. The van der Waals surface area contributed by atoms with Gasteiger partial charge in [0.15, 0.2) is 4.34 Å². The normalized spacial score (nSPS) is 20.3. The minimum Gasteiger partial charge on any atom is -0.477 e. The van der Waals surface area contributed by atoms with E-state index in [2.05, 4.69) is 20.8 Å². The number of carbonyl (C=O) groups excluding carboxylic acids is 3. The SMILES string of the molecule is Cc1nnc(SCC2=C(C(=O)O)N3C(=O)C(NC(=O)C(NC(N)=O)c4ccccc4)C3SC2)s1. The van der Waals surface area contributed by atoms with Crippen molar-refractivity contribution in [2.75, 3.05) is 11.5 Å². The Morgan fingerprint density at radius 2 is 2.03 bits per heavy atom. The number of aromatic nitrogens is 2. The number of nitrogens with zero attached hydrogens (tertiary/aromatic N) is 3. The topological polar surface area (TPSA) is 168 Å². The molecule has 1 aromatic heterocycles. The molecule has 4 amide bonds. The number of hydrogen-bond acceptors (Lipinski definition) is 9. The molecule has 2 aliphatic rings. The molecule has 0 aliphatic carbocycles. The molecule has 178 valence electrons. The quantitative estimate of drug-likeness (QED) is 0.294. The summed E-state index contributed by atoms with van der Waals surface area (Å²) in [6.45, 7) is 1.83. The van der Waals surface area contributed by atoms with E-state index in [0.717, 1.165) is 9.35 Å². The van der Waals surface area contributed by atoms with Crippen LogP contribution in [-0.2, 0) is 14.4 Å². The van der Waals surface area contributed by atoms with Gasteiger partial charge in [-0.1, -0.05) is 53.4 Å². The number of hydrogen-bond donors (Lipinski definition) is 4. The summed E-state index contributed by atoms with van der Waals surface area (Å²) in [5.74, 6) is -1.60. The van der Waals surface area contributed by atoms with Crippen LogP contribution in [0.15, 0.2) is 45.9 Å². The molecule has 3 heterocycles. The number of rotatable bonds is 8. The average Bonchev–Trinajstić information content (AvgIpc) is 3.24. The van der Waals surface area contributed by atoms with Gasteiger partial charge >= 0.3 is 12.0 Å². The van der Waals surface area contributed by atoms with Crippen molar-refractivity contribution in [3.63, 3.8) is 0 Å². The molecular weight excluding hydrogens is 500 g/mol. The van der Waals surface area contributed by atoms with Gasteiger partial charge in [0.2, 0.25) is 5.91 Å². The Morgan fingerprint density at radius 1 is 1.29 bits per heavy atom. The molecule has 3 unspecified atom stereocenters. The minimum absolute atomic E-state index is 0.0668. The smallest absolute Gasteiger partial charge is 0.352 e. The summed E-state index contributed by atoms with van der Waals surface area (Å²) in [5, 5.41) is 23.1. The predicted molar refractivity (Wildman–Crippen MR) is 127 cm³/mol. The van der Waals surface area contributed by atoms with Crippen LogP contribution in [0.1, 0.15) is 16.6 Å². The van der Waals surface area contributed by atoms with E-state index < -0.39 is 41.3 Å². The highest BCUT2D eigenvalue weighted by molar-refractivity contribution is 8.01. The number of amides is 4. The number of primary amides is 1. The molecule has 5 N–H and O–H groups in total. The van der Waals surface area contributed by atoms with Crippen LogP contribution >= 0.6 is 34.9 Å². The number of aliphatic carboxylic acids is 1. The van der Waals surface area contributed by atoms with Gasteiger partial charge in [0.1, 0.15) is 28.2 Å². The van der Waals surface area contributed by atoms with Gasteiger partial charge in [0, 0.05) is 11.5 Å². The Hall–Kier alpha value is -3.10. The summed E-state index contributed by atoms with van der Waals surface area (Å²) in [6.07, 6.45) is 0. The molecular formula is C20H20N6O5S3. The zero-order valence-corrected chi connectivity index (χ0v) is 20.2. The van der Waals surface area contributed by atoms with Crippen molar-refractivity contribution < 1.29 is 24.3 Å². The zero-order chi connectivity index (χ0) is 24.4. The fourth-order valence-corrected chi connectivity index (χ4v) is 6.91. The van der Waals surface area contributed by atoms with Gasteiger partial charge in [0.05, 0.1) is 0 Å².